The smallest absolute Gasteiger partial charge is 0.302 e. The molecule has 140 valence electrons. The van der Waals surface area contributed by atoms with Crippen LogP contribution in [0.5, 0.6) is 0 Å². The zero-order valence-electron chi connectivity index (χ0n) is 15.3. The van der Waals surface area contributed by atoms with Crippen molar-refractivity contribution in [2.75, 3.05) is 0 Å². The molecule has 0 saturated heterocycles. The number of esters is 1. The van der Waals surface area contributed by atoms with Crippen LogP contribution >= 0.6 is 0 Å². The van der Waals surface area contributed by atoms with E-state index in [-0.39, 0.29) is 30.3 Å². The molecule has 0 spiro atoms. The van der Waals surface area contributed by atoms with Gasteiger partial charge in [0.2, 0.25) is 0 Å². The number of hydrogen-bond acceptors (Lipinski definition) is 3. The average molecular weight is 347 g/mol. The third kappa shape index (κ3) is 2.69. The topological polar surface area (TPSA) is 43.4 Å². The summed E-state index contributed by atoms with van der Waals surface area (Å²) in [6, 6.07) is 0. The van der Waals surface area contributed by atoms with Crippen LogP contribution in [0.2, 0.25) is 0 Å². The molecule has 25 heavy (non-hydrogen) atoms. The van der Waals surface area contributed by atoms with Crippen LogP contribution in [0.25, 0.3) is 0 Å². The highest BCUT2D eigenvalue weighted by molar-refractivity contribution is 5.91. The lowest BCUT2D eigenvalue weighted by Crippen LogP contribution is -2.51. The maximum atomic E-state index is 11.9. The number of carbonyl (C=O) groups excluding carboxylic acids is 2. The lowest BCUT2D eigenvalue weighted by molar-refractivity contribution is -0.157. The molecule has 3 heteroatoms. The Hall–Kier alpha value is -1.12. The van der Waals surface area contributed by atoms with Crippen molar-refractivity contribution in [1.82, 2.24) is 0 Å². The first-order chi connectivity index (χ1) is 11.3. The lowest BCUT2D eigenvalue weighted by Gasteiger charge is -2.57. The SMILES string of the molecule is C.CC(=O)OC1CC[C@H]2[C@@H]3CCC4=CC(=O)CCC4(C)[C@H]3CC[C@]12C. The van der Waals surface area contributed by atoms with E-state index in [2.05, 4.69) is 13.8 Å². The molecule has 3 saturated carbocycles. The maximum Gasteiger partial charge on any atom is 0.302 e. The van der Waals surface area contributed by atoms with E-state index in [1.165, 1.54) is 24.8 Å². The van der Waals surface area contributed by atoms with Crippen LogP contribution in [0.4, 0.5) is 0 Å². The highest BCUT2D eigenvalue weighted by Gasteiger charge is 2.59. The Balaban J connectivity index is 0.00000182. The van der Waals surface area contributed by atoms with Gasteiger partial charge in [-0.3, -0.25) is 9.59 Å². The summed E-state index contributed by atoms with van der Waals surface area (Å²) in [5.74, 6) is 2.32. The van der Waals surface area contributed by atoms with Gasteiger partial charge >= 0.3 is 5.97 Å². The molecule has 3 fully saturated rings. The molecule has 0 aliphatic heterocycles. The molecule has 3 nitrogen and oxygen atoms in total. The van der Waals surface area contributed by atoms with E-state index in [4.69, 9.17) is 4.74 Å². The molecule has 2 unspecified atom stereocenters. The molecular weight excluding hydrogens is 312 g/mol. The monoisotopic (exact) mass is 346 g/mol. The Morgan fingerprint density at radius 2 is 1.84 bits per heavy atom. The van der Waals surface area contributed by atoms with E-state index >= 15 is 0 Å². The van der Waals surface area contributed by atoms with Gasteiger partial charge < -0.3 is 4.74 Å². The number of hydrogen-bond donors (Lipinski definition) is 0. The first-order valence-corrected chi connectivity index (χ1v) is 9.76. The Morgan fingerprint density at radius 3 is 2.56 bits per heavy atom. The predicted octanol–water partition coefficient (Wildman–Crippen LogP) is 5.09. The fourth-order valence-corrected chi connectivity index (χ4v) is 6.91. The van der Waals surface area contributed by atoms with Crippen LogP contribution in [-0.2, 0) is 14.3 Å². The number of ketones is 1. The molecule has 0 N–H and O–H groups in total. The summed E-state index contributed by atoms with van der Waals surface area (Å²) >= 11 is 0. The van der Waals surface area contributed by atoms with Gasteiger partial charge in [0, 0.05) is 18.8 Å². The van der Waals surface area contributed by atoms with Gasteiger partial charge in [-0.2, -0.15) is 0 Å². The third-order valence-corrected chi connectivity index (χ3v) is 8.18. The highest BCUT2D eigenvalue weighted by Crippen LogP contribution is 2.65. The van der Waals surface area contributed by atoms with Gasteiger partial charge in [-0.15, -0.1) is 0 Å². The molecule has 4 rings (SSSR count). The van der Waals surface area contributed by atoms with Crippen molar-refractivity contribution in [2.24, 2.45) is 28.6 Å². The quantitative estimate of drug-likeness (QED) is 0.621. The second kappa shape index (κ2) is 6.25. The minimum atomic E-state index is -0.129. The number of fused-ring (bicyclic) bond motifs is 5. The van der Waals surface area contributed by atoms with E-state index < -0.39 is 0 Å². The van der Waals surface area contributed by atoms with Gasteiger partial charge in [0.15, 0.2) is 5.78 Å². The van der Waals surface area contributed by atoms with E-state index in [9.17, 15) is 9.59 Å². The summed E-state index contributed by atoms with van der Waals surface area (Å²) < 4.78 is 5.71. The van der Waals surface area contributed by atoms with E-state index in [1.54, 1.807) is 6.92 Å². The van der Waals surface area contributed by atoms with Crippen molar-refractivity contribution in [2.45, 2.75) is 85.7 Å². The fourth-order valence-electron chi connectivity index (χ4n) is 6.91. The molecule has 0 aromatic carbocycles. The highest BCUT2D eigenvalue weighted by atomic mass is 16.5. The van der Waals surface area contributed by atoms with Crippen molar-refractivity contribution in [3.8, 4) is 0 Å². The number of ether oxygens (including phenoxy) is 1. The number of allylic oxidation sites excluding steroid dienone is 1. The van der Waals surface area contributed by atoms with Gasteiger partial charge in [0.1, 0.15) is 6.10 Å². The molecule has 0 radical (unpaired) electrons. The lowest BCUT2D eigenvalue weighted by atomic mass is 9.47. The molecule has 4 aliphatic carbocycles. The Kier molecular flexibility index (Phi) is 4.66. The standard InChI is InChI=1S/C21H30O3.CH4/c1-13(22)24-19-7-6-17-16-5-4-14-12-15(23)8-10-20(14,2)18(16)9-11-21(17,19)3;/h12,16-19H,4-11H2,1-3H3;1H4/t16-,17-,18-,19?,20?,21-;/m0./s1. The summed E-state index contributed by atoms with van der Waals surface area (Å²) in [6.45, 7) is 6.33. The van der Waals surface area contributed by atoms with Crippen LogP contribution in [0.1, 0.15) is 79.6 Å². The molecule has 0 heterocycles. The van der Waals surface area contributed by atoms with Crippen molar-refractivity contribution in [1.29, 1.82) is 0 Å². The molecule has 4 aliphatic rings. The maximum absolute atomic E-state index is 11.9. The van der Waals surface area contributed by atoms with Crippen molar-refractivity contribution >= 4 is 11.8 Å². The second-order valence-corrected chi connectivity index (χ2v) is 9.19. The van der Waals surface area contributed by atoms with Gasteiger partial charge in [0.05, 0.1) is 0 Å². The summed E-state index contributed by atoms with van der Waals surface area (Å²) in [7, 11) is 0. The number of rotatable bonds is 1. The van der Waals surface area contributed by atoms with Crippen molar-refractivity contribution < 1.29 is 14.3 Å². The second-order valence-electron chi connectivity index (χ2n) is 9.19. The minimum absolute atomic E-state index is 0. The van der Waals surface area contributed by atoms with Gasteiger partial charge in [-0.05, 0) is 74.2 Å². The van der Waals surface area contributed by atoms with Crippen LogP contribution in [0.3, 0.4) is 0 Å². The van der Waals surface area contributed by atoms with Gasteiger partial charge in [-0.1, -0.05) is 26.8 Å². The molecule has 6 atom stereocenters. The Bertz CT molecular complexity index is 606. The summed E-state index contributed by atoms with van der Waals surface area (Å²) in [4.78, 5) is 23.4. The fraction of sp³-hybridized carbons (Fsp3) is 0.818. The first kappa shape index (κ1) is 18.7. The van der Waals surface area contributed by atoms with E-state index in [1.807, 2.05) is 6.08 Å². The van der Waals surface area contributed by atoms with Crippen molar-refractivity contribution in [3.05, 3.63) is 11.6 Å². The molecular formula is C22H34O3. The third-order valence-electron chi connectivity index (χ3n) is 8.18. The summed E-state index contributed by atoms with van der Waals surface area (Å²) in [6.07, 6.45) is 10.8. The summed E-state index contributed by atoms with van der Waals surface area (Å²) in [5.41, 5.74) is 1.82. The van der Waals surface area contributed by atoms with Crippen molar-refractivity contribution in [3.63, 3.8) is 0 Å². The van der Waals surface area contributed by atoms with Crippen LogP contribution in [0, 0.1) is 28.6 Å². The Morgan fingerprint density at radius 1 is 1.08 bits per heavy atom. The molecule has 0 aromatic heterocycles. The Labute approximate surface area is 152 Å². The summed E-state index contributed by atoms with van der Waals surface area (Å²) in [5, 5.41) is 0. The van der Waals surface area contributed by atoms with Crippen LogP contribution in [0.15, 0.2) is 11.6 Å². The number of carbonyl (C=O) groups is 2. The van der Waals surface area contributed by atoms with Gasteiger partial charge in [0.25, 0.3) is 0 Å². The molecule has 0 amide bonds. The largest absolute Gasteiger partial charge is 0.462 e. The molecule has 0 aromatic rings. The predicted molar refractivity (Wildman–Crippen MR) is 99.0 cm³/mol. The van der Waals surface area contributed by atoms with Crippen LogP contribution < -0.4 is 0 Å². The van der Waals surface area contributed by atoms with E-state index in [0.717, 1.165) is 38.0 Å². The van der Waals surface area contributed by atoms with Crippen LogP contribution in [-0.4, -0.2) is 17.9 Å². The normalized spacial score (nSPS) is 45.4. The van der Waals surface area contributed by atoms with Gasteiger partial charge in [-0.25, -0.2) is 0 Å². The zero-order valence-corrected chi connectivity index (χ0v) is 15.3. The molecule has 0 bridgehead atoms. The average Bonchev–Trinajstić information content (AvgIpc) is 2.84. The minimum Gasteiger partial charge on any atom is -0.462 e. The first-order valence-electron chi connectivity index (χ1n) is 9.76. The zero-order chi connectivity index (χ0) is 17.1. The van der Waals surface area contributed by atoms with E-state index in [0.29, 0.717) is 17.6 Å².